The number of anilines is 3. The maximum absolute atomic E-state index is 2.39. The molecule has 0 aliphatic carbocycles. The first kappa shape index (κ1) is 28.8. The van der Waals surface area contributed by atoms with Gasteiger partial charge in [0, 0.05) is 17.1 Å². The van der Waals surface area contributed by atoms with Gasteiger partial charge in [0.2, 0.25) is 0 Å². The first-order chi connectivity index (χ1) is 24.3. The number of hydrogen-bond donors (Lipinski definition) is 0. The van der Waals surface area contributed by atoms with Gasteiger partial charge in [-0.3, -0.25) is 0 Å². The summed E-state index contributed by atoms with van der Waals surface area (Å²) in [5, 5.41) is 7.54. The molecule has 9 rings (SSSR count). The van der Waals surface area contributed by atoms with E-state index in [0.717, 1.165) is 17.1 Å². The molecule has 0 spiro atoms. The van der Waals surface area contributed by atoms with Crippen molar-refractivity contribution in [2.75, 3.05) is 4.90 Å². The Morgan fingerprint density at radius 3 is 1.51 bits per heavy atom. The van der Waals surface area contributed by atoms with Gasteiger partial charge in [0.25, 0.3) is 0 Å². The van der Waals surface area contributed by atoms with Crippen molar-refractivity contribution >= 4 is 49.4 Å². The van der Waals surface area contributed by atoms with Gasteiger partial charge in [0.15, 0.2) is 0 Å². The quantitative estimate of drug-likeness (QED) is 0.167. The van der Waals surface area contributed by atoms with Crippen LogP contribution in [0.15, 0.2) is 200 Å². The van der Waals surface area contributed by atoms with Crippen molar-refractivity contribution in [1.29, 1.82) is 0 Å². The highest BCUT2D eigenvalue weighted by atomic mass is 15.1. The topological polar surface area (TPSA) is 3.24 Å². The third-order valence-electron chi connectivity index (χ3n) is 9.60. The molecule has 9 aromatic rings. The summed E-state index contributed by atoms with van der Waals surface area (Å²) in [5.74, 6) is 0. The molecule has 9 aromatic carbocycles. The lowest BCUT2D eigenvalue weighted by atomic mass is 9.95. The minimum atomic E-state index is 1.11. The number of fused-ring (bicyclic) bond motifs is 4. The van der Waals surface area contributed by atoms with E-state index in [2.05, 4.69) is 205 Å². The van der Waals surface area contributed by atoms with Crippen molar-refractivity contribution in [2.24, 2.45) is 0 Å². The molecule has 0 saturated carbocycles. The first-order valence-corrected chi connectivity index (χ1v) is 16.8. The van der Waals surface area contributed by atoms with Gasteiger partial charge in [-0.05, 0) is 108 Å². The van der Waals surface area contributed by atoms with Crippen LogP contribution in [0.1, 0.15) is 0 Å². The van der Waals surface area contributed by atoms with Crippen LogP contribution >= 0.6 is 0 Å². The van der Waals surface area contributed by atoms with Crippen LogP contribution in [0.3, 0.4) is 0 Å². The van der Waals surface area contributed by atoms with Crippen LogP contribution in [0.5, 0.6) is 0 Å². The van der Waals surface area contributed by atoms with E-state index in [4.69, 9.17) is 0 Å². The minimum Gasteiger partial charge on any atom is -0.310 e. The van der Waals surface area contributed by atoms with Crippen molar-refractivity contribution in [2.45, 2.75) is 0 Å². The van der Waals surface area contributed by atoms with E-state index in [9.17, 15) is 0 Å². The second kappa shape index (κ2) is 12.3. The number of hydrogen-bond acceptors (Lipinski definition) is 1. The predicted octanol–water partition coefficient (Wildman–Crippen LogP) is 13.6. The molecule has 0 saturated heterocycles. The highest BCUT2D eigenvalue weighted by molar-refractivity contribution is 6.08. The summed E-state index contributed by atoms with van der Waals surface area (Å²) < 4.78 is 0. The third-order valence-corrected chi connectivity index (χ3v) is 9.60. The molecule has 0 unspecified atom stereocenters. The summed E-state index contributed by atoms with van der Waals surface area (Å²) in [6.07, 6.45) is 0. The molecule has 0 N–H and O–H groups in total. The van der Waals surface area contributed by atoms with E-state index in [1.54, 1.807) is 0 Å². The zero-order valence-corrected chi connectivity index (χ0v) is 27.0. The molecule has 0 amide bonds. The Hall–Kier alpha value is -6.44. The predicted molar refractivity (Wildman–Crippen MR) is 210 cm³/mol. The van der Waals surface area contributed by atoms with Crippen LogP contribution in [0.4, 0.5) is 17.1 Å². The fraction of sp³-hybridized carbons (Fsp3) is 0. The lowest BCUT2D eigenvalue weighted by Crippen LogP contribution is -2.10. The monoisotopic (exact) mass is 623 g/mol. The van der Waals surface area contributed by atoms with Gasteiger partial charge >= 0.3 is 0 Å². The van der Waals surface area contributed by atoms with E-state index in [-0.39, 0.29) is 0 Å². The second-order valence-corrected chi connectivity index (χ2v) is 12.6. The summed E-state index contributed by atoms with van der Waals surface area (Å²) >= 11 is 0. The molecule has 0 heterocycles. The smallest absolute Gasteiger partial charge is 0.0468 e. The van der Waals surface area contributed by atoms with Crippen molar-refractivity contribution in [3.63, 3.8) is 0 Å². The van der Waals surface area contributed by atoms with Gasteiger partial charge in [0.1, 0.15) is 0 Å². The molecule has 230 valence electrons. The van der Waals surface area contributed by atoms with Crippen LogP contribution in [-0.4, -0.2) is 0 Å². The summed E-state index contributed by atoms with van der Waals surface area (Å²) in [7, 11) is 0. The van der Waals surface area contributed by atoms with Crippen LogP contribution in [-0.2, 0) is 0 Å². The molecule has 1 nitrogen and oxygen atoms in total. The van der Waals surface area contributed by atoms with Crippen LogP contribution in [0.2, 0.25) is 0 Å². The Morgan fingerprint density at radius 1 is 0.245 bits per heavy atom. The van der Waals surface area contributed by atoms with Gasteiger partial charge in [0.05, 0.1) is 0 Å². The van der Waals surface area contributed by atoms with Crippen LogP contribution in [0.25, 0.3) is 65.7 Å². The van der Waals surface area contributed by atoms with Gasteiger partial charge in [-0.1, -0.05) is 158 Å². The van der Waals surface area contributed by atoms with Crippen LogP contribution < -0.4 is 4.90 Å². The largest absolute Gasteiger partial charge is 0.310 e. The minimum absolute atomic E-state index is 1.11. The van der Waals surface area contributed by atoms with E-state index in [0.29, 0.717) is 0 Å². The van der Waals surface area contributed by atoms with E-state index >= 15 is 0 Å². The number of nitrogens with zero attached hydrogens (tertiary/aromatic N) is 1. The van der Waals surface area contributed by atoms with Crippen molar-refractivity contribution in [1.82, 2.24) is 0 Å². The normalized spacial score (nSPS) is 11.3. The Morgan fingerprint density at radius 2 is 0.735 bits per heavy atom. The molecule has 0 atom stereocenters. The molecule has 0 fully saturated rings. The highest BCUT2D eigenvalue weighted by Crippen LogP contribution is 2.40. The third kappa shape index (κ3) is 5.42. The zero-order chi connectivity index (χ0) is 32.6. The van der Waals surface area contributed by atoms with E-state index in [1.807, 2.05) is 0 Å². The fourth-order valence-corrected chi connectivity index (χ4v) is 7.21. The second-order valence-electron chi connectivity index (χ2n) is 12.6. The summed E-state index contributed by atoms with van der Waals surface area (Å²) in [4.78, 5) is 2.39. The molecule has 0 aliphatic heterocycles. The average molecular weight is 624 g/mol. The van der Waals surface area contributed by atoms with Gasteiger partial charge in [-0.15, -0.1) is 0 Å². The molecule has 0 radical (unpaired) electrons. The highest BCUT2D eigenvalue weighted by Gasteiger charge is 2.16. The molecule has 0 bridgehead atoms. The number of rotatable bonds is 6. The summed E-state index contributed by atoms with van der Waals surface area (Å²) in [6.45, 7) is 0. The molecule has 0 aliphatic rings. The molecule has 0 aromatic heterocycles. The lowest BCUT2D eigenvalue weighted by molar-refractivity contribution is 1.29. The van der Waals surface area contributed by atoms with Crippen LogP contribution in [0, 0.1) is 0 Å². The average Bonchev–Trinajstić information content (AvgIpc) is 3.18. The molecular formula is C48H33N. The van der Waals surface area contributed by atoms with Gasteiger partial charge < -0.3 is 4.90 Å². The lowest BCUT2D eigenvalue weighted by Gasteiger charge is -2.27. The summed E-state index contributed by atoms with van der Waals surface area (Å²) in [5.41, 5.74) is 10.6. The Labute approximate surface area is 287 Å². The standard InChI is InChI=1S/C48H33N/c1-2-12-34(13-3-1)38-18-9-21-42(31-38)49(44-28-29-48-41(33-44)27-26-36-15-5-7-24-46(36)48)43-22-10-19-39(32-43)37-17-8-20-40(30-37)47-25-11-16-35-14-4-6-23-45(35)47/h1-33H. The zero-order valence-electron chi connectivity index (χ0n) is 27.0. The van der Waals surface area contributed by atoms with Gasteiger partial charge in [-0.2, -0.15) is 0 Å². The Kier molecular flexibility index (Phi) is 7.22. The summed E-state index contributed by atoms with van der Waals surface area (Å²) in [6, 6.07) is 72.5. The Balaban J connectivity index is 1.19. The SMILES string of the molecule is c1ccc(-c2cccc(N(c3cccc(-c4cccc(-c5cccc6ccccc56)c4)c3)c3ccc4c(ccc5ccccc54)c3)c2)cc1. The molecular weight excluding hydrogens is 591 g/mol. The van der Waals surface area contributed by atoms with Crippen molar-refractivity contribution < 1.29 is 0 Å². The Bertz CT molecular complexity index is 2610. The van der Waals surface area contributed by atoms with E-state index < -0.39 is 0 Å². The molecule has 1 heteroatoms. The van der Waals surface area contributed by atoms with E-state index in [1.165, 1.54) is 65.7 Å². The fourth-order valence-electron chi connectivity index (χ4n) is 7.21. The van der Waals surface area contributed by atoms with Gasteiger partial charge in [-0.25, -0.2) is 0 Å². The number of benzene rings is 9. The van der Waals surface area contributed by atoms with Crippen molar-refractivity contribution in [3.05, 3.63) is 200 Å². The maximum Gasteiger partial charge on any atom is 0.0468 e. The van der Waals surface area contributed by atoms with Crippen molar-refractivity contribution in [3.8, 4) is 33.4 Å². The first-order valence-electron chi connectivity index (χ1n) is 16.8. The maximum atomic E-state index is 2.39. The molecule has 49 heavy (non-hydrogen) atoms.